The molecule has 0 aromatic heterocycles. The van der Waals surface area contributed by atoms with Crippen molar-refractivity contribution in [2.75, 3.05) is 6.54 Å². The van der Waals surface area contributed by atoms with Crippen molar-refractivity contribution in [1.29, 1.82) is 0 Å². The number of nitrogens with zero attached hydrogens (tertiary/aromatic N) is 2. The van der Waals surface area contributed by atoms with Gasteiger partial charge in [0.2, 0.25) is 0 Å². The number of nitro benzene ring substituents is 1. The van der Waals surface area contributed by atoms with E-state index in [2.05, 4.69) is 4.99 Å². The second kappa shape index (κ2) is 7.31. The Labute approximate surface area is 122 Å². The summed E-state index contributed by atoms with van der Waals surface area (Å²) < 4.78 is 0. The van der Waals surface area contributed by atoms with Gasteiger partial charge in [0.05, 0.1) is 4.92 Å². The van der Waals surface area contributed by atoms with Crippen molar-refractivity contribution in [2.24, 2.45) is 4.99 Å². The molecular weight excluding hydrogens is 268 g/mol. The third kappa shape index (κ3) is 4.50. The predicted molar refractivity (Wildman–Crippen MR) is 81.6 cm³/mol. The van der Waals surface area contributed by atoms with Crippen LogP contribution in [0.4, 0.5) is 5.69 Å². The fourth-order valence-corrected chi connectivity index (χ4v) is 1.89. The molecule has 2 rings (SSSR count). The Kier molecular flexibility index (Phi) is 5.17. The molecule has 0 unspecified atom stereocenters. The number of hydrogen-bond donors (Lipinski definition) is 1. The van der Waals surface area contributed by atoms with E-state index in [-0.39, 0.29) is 5.69 Å². The van der Waals surface area contributed by atoms with Crippen LogP contribution in [0.15, 0.2) is 59.6 Å². The second-order valence-corrected chi connectivity index (χ2v) is 4.58. The van der Waals surface area contributed by atoms with E-state index in [1.807, 2.05) is 30.3 Å². The van der Waals surface area contributed by atoms with Gasteiger partial charge in [-0.15, -0.1) is 0 Å². The largest absolute Gasteiger partial charge is 0.383 e. The average Bonchev–Trinajstić information content (AvgIpc) is 2.52. The lowest BCUT2D eigenvalue weighted by atomic mass is 10.1. The van der Waals surface area contributed by atoms with Crippen molar-refractivity contribution < 1.29 is 10.0 Å². The van der Waals surface area contributed by atoms with Gasteiger partial charge >= 0.3 is 0 Å². The van der Waals surface area contributed by atoms with Crippen molar-refractivity contribution in [2.45, 2.75) is 12.5 Å². The van der Waals surface area contributed by atoms with Crippen LogP contribution in [0.2, 0.25) is 0 Å². The molecule has 108 valence electrons. The standard InChI is InChI=1S/C16H16N2O3/c19-16(14-4-2-1-3-5-14)12-17-11-10-13-6-8-15(9-7-13)18(20)21/h1-9,12,16,19H,10-11H2/t16-/m0/s1. The summed E-state index contributed by atoms with van der Waals surface area (Å²) in [6.07, 6.45) is 1.49. The molecule has 0 aliphatic rings. The molecular formula is C16H16N2O3. The van der Waals surface area contributed by atoms with Crippen LogP contribution in [0.1, 0.15) is 17.2 Å². The van der Waals surface area contributed by atoms with E-state index in [1.165, 1.54) is 18.3 Å². The van der Waals surface area contributed by atoms with Gasteiger partial charge in [-0.05, 0) is 17.5 Å². The minimum Gasteiger partial charge on any atom is -0.383 e. The van der Waals surface area contributed by atoms with Crippen molar-refractivity contribution in [3.8, 4) is 0 Å². The van der Waals surface area contributed by atoms with Gasteiger partial charge in [-0.3, -0.25) is 15.1 Å². The summed E-state index contributed by atoms with van der Waals surface area (Å²) in [4.78, 5) is 14.3. The highest BCUT2D eigenvalue weighted by Crippen LogP contribution is 2.12. The Balaban J connectivity index is 1.83. The van der Waals surface area contributed by atoms with E-state index < -0.39 is 11.0 Å². The zero-order valence-electron chi connectivity index (χ0n) is 11.4. The first-order valence-corrected chi connectivity index (χ1v) is 6.63. The molecule has 0 heterocycles. The number of non-ortho nitro benzene ring substituents is 1. The lowest BCUT2D eigenvalue weighted by molar-refractivity contribution is -0.384. The van der Waals surface area contributed by atoms with Crippen LogP contribution < -0.4 is 0 Å². The molecule has 0 aliphatic heterocycles. The van der Waals surface area contributed by atoms with E-state index in [0.29, 0.717) is 13.0 Å². The fourth-order valence-electron chi connectivity index (χ4n) is 1.89. The minimum absolute atomic E-state index is 0.0850. The van der Waals surface area contributed by atoms with Gasteiger partial charge in [-0.2, -0.15) is 0 Å². The molecule has 1 atom stereocenters. The summed E-state index contributed by atoms with van der Waals surface area (Å²) in [5, 5.41) is 20.4. The zero-order chi connectivity index (χ0) is 15.1. The summed E-state index contributed by atoms with van der Waals surface area (Å²) in [6.45, 7) is 0.529. The van der Waals surface area contributed by atoms with E-state index >= 15 is 0 Å². The lowest BCUT2D eigenvalue weighted by Gasteiger charge is -2.04. The number of benzene rings is 2. The molecule has 0 amide bonds. The maximum absolute atomic E-state index is 10.5. The highest BCUT2D eigenvalue weighted by atomic mass is 16.6. The third-order valence-corrected chi connectivity index (χ3v) is 3.06. The molecule has 5 heteroatoms. The normalized spacial score (nSPS) is 12.4. The van der Waals surface area contributed by atoms with Gasteiger partial charge in [0.15, 0.2) is 0 Å². The molecule has 5 nitrogen and oxygen atoms in total. The van der Waals surface area contributed by atoms with Crippen LogP contribution in [-0.4, -0.2) is 22.8 Å². The maximum Gasteiger partial charge on any atom is 0.269 e. The average molecular weight is 284 g/mol. The molecule has 0 saturated heterocycles. The minimum atomic E-state index is -0.705. The highest BCUT2D eigenvalue weighted by molar-refractivity contribution is 5.65. The summed E-state index contributed by atoms with van der Waals surface area (Å²) in [6, 6.07) is 15.7. The van der Waals surface area contributed by atoms with Crippen molar-refractivity contribution in [3.05, 3.63) is 75.8 Å². The van der Waals surface area contributed by atoms with Gasteiger partial charge in [-0.1, -0.05) is 42.5 Å². The Morgan fingerprint density at radius 3 is 2.43 bits per heavy atom. The first-order valence-electron chi connectivity index (χ1n) is 6.63. The van der Waals surface area contributed by atoms with Gasteiger partial charge in [0.25, 0.3) is 5.69 Å². The summed E-state index contributed by atoms with van der Waals surface area (Å²) in [5.74, 6) is 0. The van der Waals surface area contributed by atoms with Crippen molar-refractivity contribution >= 4 is 11.9 Å². The predicted octanol–water partition coefficient (Wildman–Crippen LogP) is 2.94. The first kappa shape index (κ1) is 14.9. The summed E-state index contributed by atoms with van der Waals surface area (Å²) in [7, 11) is 0. The van der Waals surface area contributed by atoms with Crippen molar-refractivity contribution in [3.63, 3.8) is 0 Å². The lowest BCUT2D eigenvalue weighted by Crippen LogP contribution is -1.99. The van der Waals surface area contributed by atoms with E-state index in [9.17, 15) is 15.2 Å². The molecule has 21 heavy (non-hydrogen) atoms. The van der Waals surface area contributed by atoms with E-state index in [4.69, 9.17) is 0 Å². The number of aliphatic hydroxyl groups is 1. The van der Waals surface area contributed by atoms with Crippen molar-refractivity contribution in [1.82, 2.24) is 0 Å². The monoisotopic (exact) mass is 284 g/mol. The molecule has 0 spiro atoms. The molecule has 2 aromatic rings. The Hall–Kier alpha value is -2.53. The van der Waals surface area contributed by atoms with Gasteiger partial charge in [0.1, 0.15) is 6.10 Å². The maximum atomic E-state index is 10.5. The molecule has 0 saturated carbocycles. The first-order chi connectivity index (χ1) is 10.2. The topological polar surface area (TPSA) is 75.7 Å². The van der Waals surface area contributed by atoms with Crippen LogP contribution in [0.3, 0.4) is 0 Å². The summed E-state index contributed by atoms with van der Waals surface area (Å²) >= 11 is 0. The van der Waals surface area contributed by atoms with Gasteiger partial charge < -0.3 is 5.11 Å². The SMILES string of the molecule is O=[N+]([O-])c1ccc(CCN=C[C@H](O)c2ccccc2)cc1. The number of aliphatic hydroxyl groups excluding tert-OH is 1. The smallest absolute Gasteiger partial charge is 0.269 e. The number of hydrogen-bond acceptors (Lipinski definition) is 4. The third-order valence-electron chi connectivity index (χ3n) is 3.06. The van der Waals surface area contributed by atoms with Crippen LogP contribution >= 0.6 is 0 Å². The van der Waals surface area contributed by atoms with Crippen LogP contribution in [0.5, 0.6) is 0 Å². The summed E-state index contributed by atoms with van der Waals surface area (Å²) in [5.41, 5.74) is 1.87. The number of rotatable bonds is 6. The number of aliphatic imine (C=N–C) groups is 1. The number of nitro groups is 1. The zero-order valence-corrected chi connectivity index (χ0v) is 11.4. The van der Waals surface area contributed by atoms with E-state index in [0.717, 1.165) is 11.1 Å². The fraction of sp³-hybridized carbons (Fsp3) is 0.188. The molecule has 0 radical (unpaired) electrons. The second-order valence-electron chi connectivity index (χ2n) is 4.58. The molecule has 1 N–H and O–H groups in total. The highest BCUT2D eigenvalue weighted by Gasteiger charge is 2.04. The van der Waals surface area contributed by atoms with Crippen LogP contribution in [0, 0.1) is 10.1 Å². The Morgan fingerprint density at radius 1 is 1.14 bits per heavy atom. The Morgan fingerprint density at radius 2 is 1.81 bits per heavy atom. The molecule has 0 aliphatic carbocycles. The molecule has 2 aromatic carbocycles. The van der Waals surface area contributed by atoms with Crippen LogP contribution in [0.25, 0.3) is 0 Å². The molecule has 0 bridgehead atoms. The quantitative estimate of drug-likeness (QED) is 0.503. The van der Waals surface area contributed by atoms with Crippen LogP contribution in [-0.2, 0) is 6.42 Å². The Bertz CT molecular complexity index is 609. The molecule has 0 fully saturated rings. The van der Waals surface area contributed by atoms with Gasteiger partial charge in [0, 0.05) is 24.9 Å². The van der Waals surface area contributed by atoms with Gasteiger partial charge in [-0.25, -0.2) is 0 Å². The van der Waals surface area contributed by atoms with E-state index in [1.54, 1.807) is 12.1 Å².